The highest BCUT2D eigenvalue weighted by Crippen LogP contribution is 2.12. The zero-order valence-electron chi connectivity index (χ0n) is 13.0. The van der Waals surface area contributed by atoms with E-state index in [1.54, 1.807) is 14.1 Å². The number of halogens is 1. The number of carbonyl (C=O) groups is 1. The molecule has 0 saturated carbocycles. The largest absolute Gasteiger partial charge is 0.359 e. The van der Waals surface area contributed by atoms with Gasteiger partial charge in [-0.25, -0.2) is 0 Å². The Hall–Kier alpha value is -0.530. The number of nitrogens with zero attached hydrogens (tertiary/aromatic N) is 1. The van der Waals surface area contributed by atoms with Gasteiger partial charge in [0.1, 0.15) is 0 Å². The lowest BCUT2D eigenvalue weighted by atomic mass is 9.92. The molecular formula is C13H29IN4O. The number of rotatable bonds is 6. The zero-order chi connectivity index (χ0) is 14.2. The van der Waals surface area contributed by atoms with Gasteiger partial charge in [-0.15, -0.1) is 24.0 Å². The van der Waals surface area contributed by atoms with Crippen molar-refractivity contribution < 1.29 is 4.79 Å². The lowest BCUT2D eigenvalue weighted by molar-refractivity contribution is -0.128. The number of nitrogens with one attached hydrogen (secondary N) is 3. The minimum atomic E-state index is -0.454. The number of carbonyl (C=O) groups excluding carboxylic acids is 1. The summed E-state index contributed by atoms with van der Waals surface area (Å²) < 4.78 is 0. The first-order chi connectivity index (χ1) is 8.33. The second-order valence-corrected chi connectivity index (χ2v) is 5.50. The highest BCUT2D eigenvalue weighted by molar-refractivity contribution is 14.0. The van der Waals surface area contributed by atoms with Gasteiger partial charge in [-0.05, 0) is 26.2 Å². The van der Waals surface area contributed by atoms with Crippen LogP contribution in [0.1, 0.15) is 34.1 Å². The minimum Gasteiger partial charge on any atom is -0.359 e. The van der Waals surface area contributed by atoms with Crippen molar-refractivity contribution in [3.8, 4) is 0 Å². The minimum absolute atomic E-state index is 0. The molecule has 1 amide bonds. The Balaban J connectivity index is 0. The van der Waals surface area contributed by atoms with Crippen molar-refractivity contribution in [2.45, 2.75) is 34.1 Å². The molecular weight excluding hydrogens is 355 g/mol. The first-order valence-corrected chi connectivity index (χ1v) is 6.50. The van der Waals surface area contributed by atoms with Crippen LogP contribution in [-0.4, -0.2) is 39.1 Å². The molecule has 0 aromatic carbocycles. The molecule has 5 nitrogen and oxygen atoms in total. The number of hydrogen-bond donors (Lipinski definition) is 3. The van der Waals surface area contributed by atoms with Gasteiger partial charge in [0.05, 0.1) is 5.41 Å². The standard InChI is InChI=1S/C13H28N4O.HI/c1-10(2)7-8-16-12(15-6)17-9-13(3,4)11(18)14-5;/h10H,7-9H2,1-6H3,(H,14,18)(H2,15,16,17);1H. The van der Waals surface area contributed by atoms with Gasteiger partial charge < -0.3 is 16.0 Å². The molecule has 0 unspecified atom stereocenters. The van der Waals surface area contributed by atoms with Gasteiger partial charge in [0, 0.05) is 27.2 Å². The molecule has 0 aliphatic carbocycles. The fourth-order valence-corrected chi connectivity index (χ4v) is 1.42. The van der Waals surface area contributed by atoms with Crippen LogP contribution in [0.15, 0.2) is 4.99 Å². The summed E-state index contributed by atoms with van der Waals surface area (Å²) in [6, 6.07) is 0. The molecule has 0 rings (SSSR count). The summed E-state index contributed by atoms with van der Waals surface area (Å²) in [6.07, 6.45) is 1.10. The van der Waals surface area contributed by atoms with Crippen molar-refractivity contribution in [2.24, 2.45) is 16.3 Å². The fraction of sp³-hybridized carbons (Fsp3) is 0.846. The Morgan fingerprint density at radius 3 is 2.26 bits per heavy atom. The average molecular weight is 384 g/mol. The van der Waals surface area contributed by atoms with E-state index in [4.69, 9.17) is 0 Å². The molecule has 3 N–H and O–H groups in total. The van der Waals surface area contributed by atoms with Crippen molar-refractivity contribution in [1.29, 1.82) is 0 Å². The maximum Gasteiger partial charge on any atom is 0.227 e. The first-order valence-electron chi connectivity index (χ1n) is 6.50. The average Bonchev–Trinajstić information content (AvgIpc) is 2.31. The molecule has 0 aliphatic rings. The zero-order valence-corrected chi connectivity index (χ0v) is 15.3. The van der Waals surface area contributed by atoms with E-state index in [-0.39, 0.29) is 29.9 Å². The normalized spacial score (nSPS) is 11.8. The Labute approximate surface area is 134 Å². The van der Waals surface area contributed by atoms with Crippen molar-refractivity contribution in [3.05, 3.63) is 0 Å². The molecule has 0 heterocycles. The van der Waals surface area contributed by atoms with Crippen LogP contribution in [0.25, 0.3) is 0 Å². The van der Waals surface area contributed by atoms with Crippen LogP contribution in [0.2, 0.25) is 0 Å². The first kappa shape index (κ1) is 20.8. The van der Waals surface area contributed by atoms with E-state index in [1.165, 1.54) is 0 Å². The SMILES string of the molecule is CN=C(NCCC(C)C)NCC(C)(C)C(=O)NC.I. The number of amides is 1. The van der Waals surface area contributed by atoms with Gasteiger partial charge in [0.25, 0.3) is 0 Å². The highest BCUT2D eigenvalue weighted by Gasteiger charge is 2.26. The summed E-state index contributed by atoms with van der Waals surface area (Å²) in [6.45, 7) is 9.62. The van der Waals surface area contributed by atoms with E-state index in [1.807, 2.05) is 13.8 Å². The van der Waals surface area contributed by atoms with E-state index >= 15 is 0 Å². The topological polar surface area (TPSA) is 65.5 Å². The highest BCUT2D eigenvalue weighted by atomic mass is 127. The molecule has 6 heteroatoms. The Morgan fingerprint density at radius 2 is 1.84 bits per heavy atom. The molecule has 0 aromatic heterocycles. The summed E-state index contributed by atoms with van der Waals surface area (Å²) in [4.78, 5) is 15.8. The molecule has 0 aliphatic heterocycles. The van der Waals surface area contributed by atoms with E-state index in [2.05, 4.69) is 34.8 Å². The summed E-state index contributed by atoms with van der Waals surface area (Å²) in [5, 5.41) is 9.08. The van der Waals surface area contributed by atoms with Crippen LogP contribution in [0.4, 0.5) is 0 Å². The number of aliphatic imine (C=N–C) groups is 1. The van der Waals surface area contributed by atoms with Gasteiger partial charge >= 0.3 is 0 Å². The van der Waals surface area contributed by atoms with Gasteiger partial charge in [0.15, 0.2) is 5.96 Å². The maximum absolute atomic E-state index is 11.6. The van der Waals surface area contributed by atoms with Crippen LogP contribution in [-0.2, 0) is 4.79 Å². The lowest BCUT2D eigenvalue weighted by Crippen LogP contribution is -2.47. The van der Waals surface area contributed by atoms with E-state index < -0.39 is 5.41 Å². The van der Waals surface area contributed by atoms with Gasteiger partial charge in [-0.1, -0.05) is 13.8 Å². The molecule has 114 valence electrons. The second-order valence-electron chi connectivity index (χ2n) is 5.50. The molecule has 0 saturated heterocycles. The molecule has 0 bridgehead atoms. The second kappa shape index (κ2) is 10.3. The van der Waals surface area contributed by atoms with Crippen molar-refractivity contribution in [1.82, 2.24) is 16.0 Å². The predicted molar refractivity (Wildman–Crippen MR) is 92.1 cm³/mol. The smallest absolute Gasteiger partial charge is 0.227 e. The molecule has 0 atom stereocenters. The van der Waals surface area contributed by atoms with Crippen molar-refractivity contribution in [2.75, 3.05) is 27.2 Å². The Bertz CT molecular complexity index is 290. The molecule has 19 heavy (non-hydrogen) atoms. The summed E-state index contributed by atoms with van der Waals surface area (Å²) in [5.41, 5.74) is -0.454. The molecule has 0 spiro atoms. The van der Waals surface area contributed by atoms with Crippen LogP contribution in [0.5, 0.6) is 0 Å². The molecule has 0 fully saturated rings. The Kier molecular flexibility index (Phi) is 11.2. The quantitative estimate of drug-likeness (QED) is 0.370. The van der Waals surface area contributed by atoms with Gasteiger partial charge in [-0.2, -0.15) is 0 Å². The summed E-state index contributed by atoms with van der Waals surface area (Å²) in [5.74, 6) is 1.43. The van der Waals surface area contributed by atoms with Crippen LogP contribution >= 0.6 is 24.0 Å². The Morgan fingerprint density at radius 1 is 1.26 bits per heavy atom. The summed E-state index contributed by atoms with van der Waals surface area (Å²) >= 11 is 0. The lowest BCUT2D eigenvalue weighted by Gasteiger charge is -2.24. The van der Waals surface area contributed by atoms with Crippen LogP contribution in [0.3, 0.4) is 0 Å². The third-order valence-electron chi connectivity index (χ3n) is 2.78. The predicted octanol–water partition coefficient (Wildman–Crippen LogP) is 1.59. The van der Waals surface area contributed by atoms with Crippen molar-refractivity contribution >= 4 is 35.8 Å². The molecule has 0 radical (unpaired) electrons. The molecule has 0 aromatic rings. The fourth-order valence-electron chi connectivity index (χ4n) is 1.42. The summed E-state index contributed by atoms with van der Waals surface area (Å²) in [7, 11) is 3.39. The third kappa shape index (κ3) is 9.07. The van der Waals surface area contributed by atoms with Gasteiger partial charge in [-0.3, -0.25) is 9.79 Å². The van der Waals surface area contributed by atoms with E-state index in [0.29, 0.717) is 12.5 Å². The monoisotopic (exact) mass is 384 g/mol. The maximum atomic E-state index is 11.6. The van der Waals surface area contributed by atoms with E-state index in [9.17, 15) is 4.79 Å². The van der Waals surface area contributed by atoms with E-state index in [0.717, 1.165) is 18.9 Å². The van der Waals surface area contributed by atoms with Gasteiger partial charge in [0.2, 0.25) is 5.91 Å². The number of hydrogen-bond acceptors (Lipinski definition) is 2. The number of guanidine groups is 1. The van der Waals surface area contributed by atoms with Crippen molar-refractivity contribution in [3.63, 3.8) is 0 Å². The third-order valence-corrected chi connectivity index (χ3v) is 2.78. The van der Waals surface area contributed by atoms with Crippen LogP contribution < -0.4 is 16.0 Å². The van der Waals surface area contributed by atoms with Crippen LogP contribution in [0, 0.1) is 11.3 Å².